The highest BCUT2D eigenvalue weighted by atomic mass is 19.1. The van der Waals surface area contributed by atoms with Crippen molar-refractivity contribution in [2.45, 2.75) is 39.5 Å². The van der Waals surface area contributed by atoms with Gasteiger partial charge >= 0.3 is 0 Å². The summed E-state index contributed by atoms with van der Waals surface area (Å²) in [5.74, 6) is -0.142. The van der Waals surface area contributed by atoms with Gasteiger partial charge in [0.2, 0.25) is 0 Å². The minimum absolute atomic E-state index is 0.0222. The Morgan fingerprint density at radius 2 is 2.00 bits per heavy atom. The van der Waals surface area contributed by atoms with Crippen LogP contribution in [0, 0.1) is 12.7 Å². The summed E-state index contributed by atoms with van der Waals surface area (Å²) in [7, 11) is 0. The maximum absolute atomic E-state index is 13.3. The van der Waals surface area contributed by atoms with E-state index < -0.39 is 0 Å². The van der Waals surface area contributed by atoms with E-state index in [2.05, 4.69) is 26.1 Å². The van der Waals surface area contributed by atoms with Crippen molar-refractivity contribution in [1.29, 1.82) is 0 Å². The van der Waals surface area contributed by atoms with Gasteiger partial charge in [0, 0.05) is 0 Å². The van der Waals surface area contributed by atoms with Gasteiger partial charge in [0.15, 0.2) is 0 Å². The molecule has 0 heterocycles. The number of benzene rings is 1. The van der Waals surface area contributed by atoms with E-state index in [9.17, 15) is 4.39 Å². The molecule has 1 aromatic carbocycles. The summed E-state index contributed by atoms with van der Waals surface area (Å²) in [6.07, 6.45) is 1.02. The van der Waals surface area contributed by atoms with Crippen LogP contribution in [0.25, 0.3) is 0 Å². The zero-order chi connectivity index (χ0) is 12.2. The molecule has 0 spiro atoms. The maximum Gasteiger partial charge on any atom is 0.123 e. The molecule has 1 N–H and O–H groups in total. The van der Waals surface area contributed by atoms with E-state index in [1.807, 2.05) is 13.0 Å². The van der Waals surface area contributed by atoms with Crippen molar-refractivity contribution >= 4 is 0 Å². The highest BCUT2D eigenvalue weighted by Crippen LogP contribution is 2.29. The van der Waals surface area contributed by atoms with Crippen molar-refractivity contribution in [3.8, 4) is 0 Å². The number of hydrogen-bond acceptors (Lipinski definition) is 1. The van der Waals surface area contributed by atoms with Crippen LogP contribution in [0.3, 0.4) is 0 Å². The SMILES string of the molecule is CCNCCC(C)(C)c1cc(F)ccc1C. The summed E-state index contributed by atoms with van der Waals surface area (Å²) in [4.78, 5) is 0. The first-order valence-electron chi connectivity index (χ1n) is 5.94. The van der Waals surface area contributed by atoms with Crippen LogP contribution in [0.5, 0.6) is 0 Å². The van der Waals surface area contributed by atoms with Crippen molar-refractivity contribution in [3.63, 3.8) is 0 Å². The largest absolute Gasteiger partial charge is 0.317 e. The second-order valence-electron chi connectivity index (χ2n) is 4.95. The number of aryl methyl sites for hydroxylation is 1. The summed E-state index contributed by atoms with van der Waals surface area (Å²) in [5, 5.41) is 3.31. The van der Waals surface area contributed by atoms with Crippen LogP contribution < -0.4 is 5.32 Å². The van der Waals surface area contributed by atoms with Crippen LogP contribution in [0.15, 0.2) is 18.2 Å². The lowest BCUT2D eigenvalue weighted by Gasteiger charge is -2.27. The van der Waals surface area contributed by atoms with Crippen LogP contribution >= 0.6 is 0 Å². The van der Waals surface area contributed by atoms with Crippen molar-refractivity contribution in [3.05, 3.63) is 35.1 Å². The summed E-state index contributed by atoms with van der Waals surface area (Å²) < 4.78 is 13.3. The minimum Gasteiger partial charge on any atom is -0.317 e. The van der Waals surface area contributed by atoms with Crippen molar-refractivity contribution in [2.75, 3.05) is 13.1 Å². The Kier molecular flexibility index (Phi) is 4.48. The molecule has 0 aliphatic carbocycles. The van der Waals surface area contributed by atoms with Gasteiger partial charge in [-0.15, -0.1) is 0 Å². The van der Waals surface area contributed by atoms with Crippen molar-refractivity contribution in [2.24, 2.45) is 0 Å². The molecule has 0 saturated heterocycles. The average Bonchev–Trinajstić information content (AvgIpc) is 2.22. The molecule has 1 rings (SSSR count). The van der Waals surface area contributed by atoms with E-state index in [0.29, 0.717) is 0 Å². The summed E-state index contributed by atoms with van der Waals surface area (Å²) in [6, 6.07) is 5.06. The number of halogens is 1. The Morgan fingerprint density at radius 3 is 2.62 bits per heavy atom. The van der Waals surface area contributed by atoms with Gasteiger partial charge in [0.25, 0.3) is 0 Å². The van der Waals surface area contributed by atoms with E-state index >= 15 is 0 Å². The Balaban J connectivity index is 2.83. The van der Waals surface area contributed by atoms with E-state index in [1.54, 1.807) is 6.07 Å². The molecule has 0 aliphatic heterocycles. The smallest absolute Gasteiger partial charge is 0.123 e. The van der Waals surface area contributed by atoms with Gasteiger partial charge in [-0.2, -0.15) is 0 Å². The third kappa shape index (κ3) is 3.31. The zero-order valence-electron chi connectivity index (χ0n) is 10.7. The Morgan fingerprint density at radius 1 is 1.31 bits per heavy atom. The fourth-order valence-corrected chi connectivity index (χ4v) is 2.04. The Hall–Kier alpha value is -0.890. The fourth-order valence-electron chi connectivity index (χ4n) is 2.04. The molecule has 0 aliphatic rings. The average molecular weight is 223 g/mol. The number of rotatable bonds is 5. The molecule has 90 valence electrons. The van der Waals surface area contributed by atoms with Gasteiger partial charge in [-0.05, 0) is 55.1 Å². The van der Waals surface area contributed by atoms with Gasteiger partial charge in [-0.25, -0.2) is 4.39 Å². The van der Waals surface area contributed by atoms with Gasteiger partial charge in [0.05, 0.1) is 0 Å². The van der Waals surface area contributed by atoms with Crippen LogP contribution in [-0.4, -0.2) is 13.1 Å². The predicted octanol–water partition coefficient (Wildman–Crippen LogP) is 3.41. The summed E-state index contributed by atoms with van der Waals surface area (Å²) >= 11 is 0. The molecule has 0 aromatic heterocycles. The van der Waals surface area contributed by atoms with Gasteiger partial charge in [0.1, 0.15) is 5.82 Å². The molecule has 0 amide bonds. The first-order chi connectivity index (χ1) is 7.47. The molecule has 0 radical (unpaired) electrons. The molecule has 0 bridgehead atoms. The van der Waals surface area contributed by atoms with Gasteiger partial charge in [-0.3, -0.25) is 0 Å². The molecular weight excluding hydrogens is 201 g/mol. The standard InChI is InChI=1S/C14H22FN/c1-5-16-9-8-14(3,4)13-10-12(15)7-6-11(13)2/h6-7,10,16H,5,8-9H2,1-4H3. The number of nitrogens with one attached hydrogen (secondary N) is 1. The second kappa shape index (κ2) is 5.44. The van der Waals surface area contributed by atoms with E-state index in [4.69, 9.17) is 0 Å². The summed E-state index contributed by atoms with van der Waals surface area (Å²) in [5.41, 5.74) is 2.31. The van der Waals surface area contributed by atoms with Gasteiger partial charge < -0.3 is 5.32 Å². The van der Waals surface area contributed by atoms with Crippen LogP contribution in [0.4, 0.5) is 4.39 Å². The molecule has 0 unspecified atom stereocenters. The van der Waals surface area contributed by atoms with Crippen LogP contribution in [0.2, 0.25) is 0 Å². The molecule has 1 nitrogen and oxygen atoms in total. The highest BCUT2D eigenvalue weighted by molar-refractivity contribution is 5.32. The van der Waals surface area contributed by atoms with Crippen LogP contribution in [-0.2, 0) is 5.41 Å². The number of hydrogen-bond donors (Lipinski definition) is 1. The quantitative estimate of drug-likeness (QED) is 0.754. The molecule has 0 fully saturated rings. The molecule has 0 saturated carbocycles. The first-order valence-corrected chi connectivity index (χ1v) is 5.94. The normalized spacial score (nSPS) is 11.8. The van der Waals surface area contributed by atoms with Crippen LogP contribution in [0.1, 0.15) is 38.3 Å². The lowest BCUT2D eigenvalue weighted by Crippen LogP contribution is -2.26. The maximum atomic E-state index is 13.3. The zero-order valence-corrected chi connectivity index (χ0v) is 10.7. The first kappa shape index (κ1) is 13.2. The van der Waals surface area contributed by atoms with E-state index in [1.165, 1.54) is 11.6 Å². The van der Waals surface area contributed by atoms with E-state index in [-0.39, 0.29) is 11.2 Å². The lowest BCUT2D eigenvalue weighted by atomic mass is 9.79. The minimum atomic E-state index is -0.142. The Labute approximate surface area is 98.1 Å². The third-order valence-corrected chi connectivity index (χ3v) is 3.11. The van der Waals surface area contributed by atoms with Crippen molar-refractivity contribution < 1.29 is 4.39 Å². The monoisotopic (exact) mass is 223 g/mol. The molecule has 2 heteroatoms. The molecule has 0 atom stereocenters. The third-order valence-electron chi connectivity index (χ3n) is 3.11. The molecule has 1 aromatic rings. The highest BCUT2D eigenvalue weighted by Gasteiger charge is 2.22. The van der Waals surface area contributed by atoms with Crippen molar-refractivity contribution in [1.82, 2.24) is 5.32 Å². The van der Waals surface area contributed by atoms with E-state index in [0.717, 1.165) is 25.1 Å². The lowest BCUT2D eigenvalue weighted by molar-refractivity contribution is 0.456. The van der Waals surface area contributed by atoms with Gasteiger partial charge in [-0.1, -0.05) is 26.8 Å². The predicted molar refractivity (Wildman–Crippen MR) is 67.3 cm³/mol. The second-order valence-corrected chi connectivity index (χ2v) is 4.95. The molecule has 16 heavy (non-hydrogen) atoms. The summed E-state index contributed by atoms with van der Waals surface area (Å²) in [6.45, 7) is 10.4. The fraction of sp³-hybridized carbons (Fsp3) is 0.571. The topological polar surface area (TPSA) is 12.0 Å². The molecular formula is C14H22FN. The Bertz CT molecular complexity index is 345.